The van der Waals surface area contributed by atoms with Gasteiger partial charge < -0.3 is 43.1 Å². The van der Waals surface area contributed by atoms with Crippen LogP contribution in [0.5, 0.6) is 11.5 Å². The number of carbonyl (C=O) groups is 3. The number of anilines is 2. The number of likely N-dealkylation sites (tertiary alicyclic amines) is 1. The number of piperidine rings is 1. The maximum Gasteiger partial charge on any atom is 0.274 e. The summed E-state index contributed by atoms with van der Waals surface area (Å²) in [5, 5.41) is 9.88. The standard InChI is InChI=1S/C40H59ClN10O5.3ClH/c1-7-49(47(3)4)34(52)27-55-32-19-15-29(16-20-32)12-9-23-51(25-11-14-31(26-51)44-40(54)36-38(42)46-39(43)37(41)45-36)24-10-13-30-17-21-33(22-18-30)56-28-35(53)50(8-2)48(5)6;;;/h15-22,31H,7-14,23-28H2,1-6H3,(H4-,42,43,44,46,54);3*1H. The molecular weight excluding hydrogens is 842 g/mol. The van der Waals surface area contributed by atoms with E-state index in [9.17, 15) is 14.4 Å². The number of nitrogens with one attached hydrogen (secondary N) is 1. The Morgan fingerprint density at radius 2 is 1.24 bits per heavy atom. The Bertz CT molecular complexity index is 1670. The Kier molecular flexibility index (Phi) is 23.2. The second-order valence-electron chi connectivity index (χ2n) is 14.6. The summed E-state index contributed by atoms with van der Waals surface area (Å²) in [7, 11) is 7.34. The summed E-state index contributed by atoms with van der Waals surface area (Å²) in [5.74, 6) is 0.627. The predicted octanol–water partition coefficient (Wildman–Crippen LogP) is 1.52. The Hall–Kier alpha value is -3.83. The molecule has 3 aromatic rings. The molecule has 2 heterocycles. The highest BCUT2D eigenvalue weighted by molar-refractivity contribution is 6.31. The lowest BCUT2D eigenvalue weighted by Crippen LogP contribution is -3.00. The van der Waals surface area contributed by atoms with Gasteiger partial charge in [-0.25, -0.2) is 20.0 Å². The average Bonchev–Trinajstić information content (AvgIpc) is 3.16. The number of ether oxygens (including phenoxy) is 2. The maximum atomic E-state index is 13.3. The Labute approximate surface area is 372 Å². The third-order valence-electron chi connectivity index (χ3n) is 10.2. The quantitative estimate of drug-likeness (QED) is 0.111. The fraction of sp³-hybridized carbons (Fsp3) is 0.525. The molecule has 0 radical (unpaired) electrons. The van der Waals surface area contributed by atoms with Crippen molar-refractivity contribution in [1.82, 2.24) is 35.3 Å². The van der Waals surface area contributed by atoms with Crippen LogP contribution in [0.2, 0.25) is 5.15 Å². The van der Waals surface area contributed by atoms with Crippen molar-refractivity contribution in [2.24, 2.45) is 0 Å². The topological polar surface area (TPSA) is 172 Å². The molecule has 3 amide bonds. The van der Waals surface area contributed by atoms with Gasteiger partial charge in [-0.2, -0.15) is 0 Å². The van der Waals surface area contributed by atoms with E-state index in [1.165, 1.54) is 11.1 Å². The molecule has 1 atom stereocenters. The molecule has 0 spiro atoms. The number of hydrogen-bond donors (Lipinski definition) is 3. The van der Waals surface area contributed by atoms with Gasteiger partial charge in [-0.05, 0) is 74.9 Å². The van der Waals surface area contributed by atoms with Crippen molar-refractivity contribution in [2.45, 2.75) is 58.4 Å². The molecule has 0 bridgehead atoms. The largest absolute Gasteiger partial charge is 1.00 e. The molecule has 1 aliphatic rings. The Morgan fingerprint density at radius 1 is 0.780 bits per heavy atom. The molecule has 59 heavy (non-hydrogen) atoms. The van der Waals surface area contributed by atoms with Crippen LogP contribution in [-0.2, 0) is 22.4 Å². The molecule has 2 aromatic carbocycles. The van der Waals surface area contributed by atoms with Gasteiger partial charge in [0.2, 0.25) is 0 Å². The highest BCUT2D eigenvalue weighted by Gasteiger charge is 2.36. The lowest BCUT2D eigenvalue weighted by molar-refractivity contribution is -0.933. The normalized spacial score (nSPS) is 14.3. The molecule has 1 unspecified atom stereocenters. The molecule has 1 aromatic heterocycles. The SMILES string of the molecule is CCN(C(=O)COc1ccc(CCC[N+]2(CCCc3ccc(OCC(=O)N(CC)N(C)C)cc3)CCCC(NC(=O)c3nc(Cl)c(N)nc3N)C2)cc1)N(C)C.Cl.Cl.[Cl-]. The first-order chi connectivity index (χ1) is 26.7. The number of aryl methyl sites for hydroxylation is 2. The van der Waals surface area contributed by atoms with Crippen molar-refractivity contribution in [1.29, 1.82) is 0 Å². The monoisotopic (exact) mass is 902 g/mol. The number of aromatic nitrogens is 2. The fourth-order valence-corrected chi connectivity index (χ4v) is 7.49. The van der Waals surface area contributed by atoms with Crippen LogP contribution >= 0.6 is 36.4 Å². The molecule has 19 heteroatoms. The number of halogens is 4. The number of nitrogens with zero attached hydrogens (tertiary/aromatic N) is 7. The number of quaternary nitrogens is 1. The van der Waals surface area contributed by atoms with E-state index in [1.807, 2.05) is 66.3 Å². The number of benzene rings is 2. The number of nitrogens with two attached hydrogens (primary N) is 2. The van der Waals surface area contributed by atoms with E-state index in [-0.39, 0.29) is 90.8 Å². The van der Waals surface area contributed by atoms with E-state index in [0.29, 0.717) is 24.6 Å². The summed E-state index contributed by atoms with van der Waals surface area (Å²) in [6.07, 6.45) is 5.46. The third kappa shape index (κ3) is 15.9. The first-order valence-corrected chi connectivity index (χ1v) is 19.7. The van der Waals surface area contributed by atoms with Crippen molar-refractivity contribution in [3.63, 3.8) is 0 Å². The smallest absolute Gasteiger partial charge is 0.274 e. The highest BCUT2D eigenvalue weighted by Crippen LogP contribution is 2.25. The molecule has 5 N–H and O–H groups in total. The van der Waals surface area contributed by atoms with Gasteiger partial charge >= 0.3 is 0 Å². The van der Waals surface area contributed by atoms with Crippen LogP contribution in [0.3, 0.4) is 0 Å². The third-order valence-corrected chi connectivity index (χ3v) is 10.4. The number of hydrazine groups is 2. The molecular formula is C40H62Cl4N10O5. The summed E-state index contributed by atoms with van der Waals surface area (Å²) < 4.78 is 12.4. The minimum absolute atomic E-state index is 0. The average molecular weight is 905 g/mol. The van der Waals surface area contributed by atoms with Gasteiger partial charge in [-0.1, -0.05) is 35.9 Å². The molecule has 1 fully saturated rings. The van der Waals surface area contributed by atoms with Gasteiger partial charge in [0.05, 0.1) is 32.2 Å². The summed E-state index contributed by atoms with van der Waals surface area (Å²) >= 11 is 6.08. The number of nitrogen functional groups attached to an aromatic ring is 2. The van der Waals surface area contributed by atoms with Crippen molar-refractivity contribution in [3.8, 4) is 11.5 Å². The van der Waals surface area contributed by atoms with E-state index >= 15 is 0 Å². The van der Waals surface area contributed by atoms with Crippen LogP contribution in [-0.4, -0.2) is 139 Å². The summed E-state index contributed by atoms with van der Waals surface area (Å²) in [6, 6.07) is 15.8. The minimum atomic E-state index is -0.414. The number of hydrogen-bond acceptors (Lipinski definition) is 11. The van der Waals surface area contributed by atoms with Gasteiger partial charge in [0.25, 0.3) is 17.7 Å². The fourth-order valence-electron chi connectivity index (χ4n) is 7.37. The number of rotatable bonds is 20. The Balaban J connectivity index is 0.00000580. The molecule has 1 aliphatic heterocycles. The second-order valence-corrected chi connectivity index (χ2v) is 15.0. The molecule has 0 aliphatic carbocycles. The zero-order chi connectivity index (χ0) is 40.8. The van der Waals surface area contributed by atoms with Gasteiger partial charge in [0, 0.05) is 54.1 Å². The van der Waals surface area contributed by atoms with Crippen molar-refractivity contribution < 1.29 is 40.7 Å². The van der Waals surface area contributed by atoms with Gasteiger partial charge in [-0.15, -0.1) is 24.8 Å². The lowest BCUT2D eigenvalue weighted by Gasteiger charge is -2.45. The van der Waals surface area contributed by atoms with E-state index in [4.69, 9.17) is 32.5 Å². The van der Waals surface area contributed by atoms with Crippen LogP contribution in [0.1, 0.15) is 61.1 Å². The van der Waals surface area contributed by atoms with Crippen LogP contribution in [0.4, 0.5) is 11.6 Å². The molecule has 0 saturated carbocycles. The predicted molar refractivity (Wildman–Crippen MR) is 233 cm³/mol. The van der Waals surface area contributed by atoms with Crippen LogP contribution in [0, 0.1) is 0 Å². The first-order valence-electron chi connectivity index (χ1n) is 19.4. The van der Waals surface area contributed by atoms with E-state index in [2.05, 4.69) is 39.6 Å². The van der Waals surface area contributed by atoms with Crippen molar-refractivity contribution in [2.75, 3.05) is 92.1 Å². The molecule has 1 saturated heterocycles. The van der Waals surface area contributed by atoms with E-state index < -0.39 is 5.91 Å². The number of likely N-dealkylation sites (N-methyl/N-ethyl adjacent to an activating group) is 2. The van der Waals surface area contributed by atoms with Crippen LogP contribution < -0.4 is 38.7 Å². The van der Waals surface area contributed by atoms with Gasteiger partial charge in [0.15, 0.2) is 35.7 Å². The van der Waals surface area contributed by atoms with E-state index in [0.717, 1.165) is 69.2 Å². The first kappa shape index (κ1) is 53.2. The Morgan fingerprint density at radius 3 is 1.66 bits per heavy atom. The van der Waals surface area contributed by atoms with Gasteiger partial charge in [-0.3, -0.25) is 24.4 Å². The van der Waals surface area contributed by atoms with Crippen molar-refractivity contribution in [3.05, 3.63) is 70.5 Å². The van der Waals surface area contributed by atoms with E-state index in [1.54, 1.807) is 20.0 Å². The lowest BCUT2D eigenvalue weighted by atomic mass is 9.99. The van der Waals surface area contributed by atoms with Crippen LogP contribution in [0.15, 0.2) is 48.5 Å². The van der Waals surface area contributed by atoms with Crippen molar-refractivity contribution >= 4 is 65.8 Å². The zero-order valence-electron chi connectivity index (χ0n) is 35.0. The highest BCUT2D eigenvalue weighted by atomic mass is 35.5. The molecule has 4 rings (SSSR count). The summed E-state index contributed by atoms with van der Waals surface area (Å²) in [6.45, 7) is 8.61. The molecule has 15 nitrogen and oxygen atoms in total. The van der Waals surface area contributed by atoms with Gasteiger partial charge in [0.1, 0.15) is 11.5 Å². The second kappa shape index (κ2) is 25.7. The summed E-state index contributed by atoms with van der Waals surface area (Å²) in [5.41, 5.74) is 14.1. The number of carbonyl (C=O) groups excluding carboxylic acids is 3. The summed E-state index contributed by atoms with van der Waals surface area (Å²) in [4.78, 5) is 46.5. The van der Waals surface area contributed by atoms with Crippen LogP contribution in [0.25, 0.3) is 0 Å². The number of amides is 3. The molecule has 330 valence electrons. The zero-order valence-corrected chi connectivity index (χ0v) is 38.1. The minimum Gasteiger partial charge on any atom is -1.00 e. The maximum absolute atomic E-state index is 13.3.